The van der Waals surface area contributed by atoms with E-state index in [2.05, 4.69) is 0 Å². The Morgan fingerprint density at radius 3 is 1.27 bits per heavy atom. The molecule has 0 saturated heterocycles. The molecule has 5 rings (SSSR count). The van der Waals surface area contributed by atoms with Crippen LogP contribution in [0.4, 0.5) is 5.69 Å². The third-order valence-corrected chi connectivity index (χ3v) is 5.07. The molecule has 172 valence electrons. The molecule has 2 nitrogen and oxygen atoms in total. The molecule has 0 fully saturated rings. The standard InChI is InChI=1S/C19H19NO.2C5H5.2Fe/c1-20(2)18-13-11-17(12-14-18)19(21,15-7-3-4-8-15)16-9-5-6-10-16;2*1-2-4-5-3-1;;/h3-14,21H,1-2H3;2*1-5H;;/q-2;2*-1;2*+2. The number of hydrogen-bond donors (Lipinski definition) is 1. The summed E-state index contributed by atoms with van der Waals surface area (Å²) in [4.78, 5) is 2.05. The van der Waals surface area contributed by atoms with E-state index in [0.717, 1.165) is 22.4 Å². The predicted octanol–water partition coefficient (Wildman–Crippen LogP) is 6.28. The Morgan fingerprint density at radius 1 is 0.636 bits per heavy atom. The Hall–Kier alpha value is -2.58. The summed E-state index contributed by atoms with van der Waals surface area (Å²) in [5.74, 6) is 0. The topological polar surface area (TPSA) is 23.5 Å². The van der Waals surface area contributed by atoms with E-state index in [-0.39, 0.29) is 34.1 Å². The van der Waals surface area contributed by atoms with E-state index in [1.807, 2.05) is 152 Å². The number of aliphatic hydroxyl groups is 1. The number of rotatable bonds is 4. The second-order valence-electron chi connectivity index (χ2n) is 7.42. The first-order valence-electron chi connectivity index (χ1n) is 10.4. The molecule has 5 aromatic rings. The molecule has 0 aliphatic rings. The number of hydrogen-bond acceptors (Lipinski definition) is 2. The molecule has 5 aromatic carbocycles. The van der Waals surface area contributed by atoms with Crippen molar-refractivity contribution in [2.75, 3.05) is 19.0 Å². The van der Waals surface area contributed by atoms with Gasteiger partial charge in [0.05, 0.1) is 5.60 Å². The van der Waals surface area contributed by atoms with Crippen molar-refractivity contribution in [1.29, 1.82) is 0 Å². The van der Waals surface area contributed by atoms with Crippen molar-refractivity contribution in [2.24, 2.45) is 0 Å². The van der Waals surface area contributed by atoms with Crippen molar-refractivity contribution in [3.05, 3.63) is 150 Å². The van der Waals surface area contributed by atoms with Crippen LogP contribution < -0.4 is 4.90 Å². The van der Waals surface area contributed by atoms with Gasteiger partial charge in [0.2, 0.25) is 0 Å². The molecule has 0 atom stereocenters. The van der Waals surface area contributed by atoms with Gasteiger partial charge in [-0.05, 0) is 17.7 Å². The van der Waals surface area contributed by atoms with Gasteiger partial charge in [-0.1, -0.05) is 12.1 Å². The normalized spacial score (nSPS) is 9.79. The second kappa shape index (κ2) is 14.5. The van der Waals surface area contributed by atoms with Gasteiger partial charge in [-0.2, -0.15) is 60.7 Å². The van der Waals surface area contributed by atoms with Crippen molar-refractivity contribution >= 4 is 5.69 Å². The zero-order chi connectivity index (χ0) is 21.9. The first kappa shape index (κ1) is 28.5. The molecule has 0 amide bonds. The molecule has 0 saturated carbocycles. The third kappa shape index (κ3) is 7.75. The minimum atomic E-state index is -1.10. The van der Waals surface area contributed by atoms with Crippen LogP contribution in [0, 0.1) is 0 Å². The number of nitrogens with zero attached hydrogens (tertiary/aromatic N) is 1. The van der Waals surface area contributed by atoms with Crippen LogP contribution in [0.2, 0.25) is 0 Å². The Bertz CT molecular complexity index is 949. The summed E-state index contributed by atoms with van der Waals surface area (Å²) in [5.41, 5.74) is 2.69. The van der Waals surface area contributed by atoms with Crippen LogP contribution in [0.5, 0.6) is 0 Å². The van der Waals surface area contributed by atoms with E-state index >= 15 is 0 Å². The average molecular weight is 519 g/mol. The fourth-order valence-corrected chi connectivity index (χ4v) is 3.37. The molecule has 0 radical (unpaired) electrons. The van der Waals surface area contributed by atoms with Gasteiger partial charge < -0.3 is 10.0 Å². The summed E-state index contributed by atoms with van der Waals surface area (Å²) < 4.78 is 0. The predicted molar refractivity (Wildman–Crippen MR) is 131 cm³/mol. The Kier molecular flexibility index (Phi) is 12.5. The summed E-state index contributed by atoms with van der Waals surface area (Å²) >= 11 is 0. The average Bonchev–Trinajstić information content (AvgIpc) is 3.64. The molecule has 0 heterocycles. The second-order valence-corrected chi connectivity index (χ2v) is 7.42. The maximum atomic E-state index is 11.4. The van der Waals surface area contributed by atoms with Crippen LogP contribution in [0.15, 0.2) is 133 Å². The Morgan fingerprint density at radius 2 is 1.00 bits per heavy atom. The van der Waals surface area contributed by atoms with Crippen LogP contribution in [-0.2, 0) is 39.7 Å². The Balaban J connectivity index is 0.000000375. The summed E-state index contributed by atoms with van der Waals surface area (Å²) in [6.45, 7) is 0. The monoisotopic (exact) mass is 519 g/mol. The van der Waals surface area contributed by atoms with Gasteiger partial charge in [-0.25, -0.2) is 48.5 Å². The van der Waals surface area contributed by atoms with Crippen molar-refractivity contribution < 1.29 is 39.2 Å². The van der Waals surface area contributed by atoms with Crippen molar-refractivity contribution in [2.45, 2.75) is 5.60 Å². The summed E-state index contributed by atoms with van der Waals surface area (Å²) in [5, 5.41) is 11.4. The largest absolute Gasteiger partial charge is 2.00 e. The molecule has 0 unspecified atom stereocenters. The fourth-order valence-electron chi connectivity index (χ4n) is 3.37. The van der Waals surface area contributed by atoms with E-state index < -0.39 is 5.60 Å². The van der Waals surface area contributed by atoms with E-state index in [0.29, 0.717) is 0 Å². The molecule has 1 N–H and O–H groups in total. The van der Waals surface area contributed by atoms with Gasteiger partial charge in [-0.3, -0.25) is 0 Å². The summed E-state index contributed by atoms with van der Waals surface area (Å²) in [6, 6.07) is 43.7. The number of benzene rings is 1. The van der Waals surface area contributed by atoms with Crippen LogP contribution in [0.1, 0.15) is 16.7 Å². The van der Waals surface area contributed by atoms with E-state index in [1.54, 1.807) is 0 Å². The zero-order valence-corrected chi connectivity index (χ0v) is 21.0. The summed E-state index contributed by atoms with van der Waals surface area (Å²) in [7, 11) is 4.02. The molecule has 0 bridgehead atoms. The minimum Gasteiger partial charge on any atom is -0.401 e. The first-order valence-corrected chi connectivity index (χ1v) is 10.4. The van der Waals surface area contributed by atoms with Crippen LogP contribution >= 0.6 is 0 Å². The number of anilines is 1. The zero-order valence-electron chi connectivity index (χ0n) is 18.8. The van der Waals surface area contributed by atoms with Gasteiger partial charge in [0.1, 0.15) is 0 Å². The molecule has 0 spiro atoms. The van der Waals surface area contributed by atoms with Crippen LogP contribution in [0.3, 0.4) is 0 Å². The summed E-state index contributed by atoms with van der Waals surface area (Å²) in [6.07, 6.45) is 0. The SMILES string of the molecule is CN(C)c1ccc(C(O)([c-]2cccc2)[c-]2cccc2)cc1.[Fe+2].[Fe+2].c1cc[cH-]c1.c1cc[cH-]c1. The smallest absolute Gasteiger partial charge is 0.401 e. The van der Waals surface area contributed by atoms with Gasteiger partial charge in [0.15, 0.2) is 0 Å². The maximum absolute atomic E-state index is 11.4. The van der Waals surface area contributed by atoms with Gasteiger partial charge in [0.25, 0.3) is 0 Å². The first-order chi connectivity index (χ1) is 15.1. The van der Waals surface area contributed by atoms with Crippen molar-refractivity contribution in [1.82, 2.24) is 0 Å². The molecule has 0 aliphatic heterocycles. The van der Waals surface area contributed by atoms with Crippen LogP contribution in [-0.4, -0.2) is 19.2 Å². The molecule has 0 aromatic heterocycles. The van der Waals surface area contributed by atoms with Crippen molar-refractivity contribution in [3.8, 4) is 0 Å². The molecular weight excluding hydrogens is 490 g/mol. The Labute approximate surface area is 218 Å². The quantitative estimate of drug-likeness (QED) is 0.223. The molecular formula is C29H29Fe2NO. The fraction of sp³-hybridized carbons (Fsp3) is 0.103. The van der Waals surface area contributed by atoms with E-state index in [1.165, 1.54) is 0 Å². The van der Waals surface area contributed by atoms with Gasteiger partial charge in [-0.15, -0.1) is 11.1 Å². The van der Waals surface area contributed by atoms with Gasteiger partial charge in [0, 0.05) is 19.8 Å². The van der Waals surface area contributed by atoms with E-state index in [9.17, 15) is 5.11 Å². The minimum absolute atomic E-state index is 0. The molecule has 33 heavy (non-hydrogen) atoms. The molecule has 4 heteroatoms. The molecule has 0 aliphatic carbocycles. The van der Waals surface area contributed by atoms with Crippen LogP contribution in [0.25, 0.3) is 0 Å². The third-order valence-electron chi connectivity index (χ3n) is 5.07. The van der Waals surface area contributed by atoms with Gasteiger partial charge >= 0.3 is 34.1 Å². The maximum Gasteiger partial charge on any atom is 2.00 e. The van der Waals surface area contributed by atoms with Crippen molar-refractivity contribution in [3.63, 3.8) is 0 Å². The van der Waals surface area contributed by atoms with E-state index in [4.69, 9.17) is 0 Å².